The van der Waals surface area contributed by atoms with Crippen molar-refractivity contribution < 1.29 is 14.6 Å². The molecule has 4 nitrogen and oxygen atoms in total. The maximum atomic E-state index is 10.6. The van der Waals surface area contributed by atoms with Crippen LogP contribution in [-0.4, -0.2) is 11.2 Å². The summed E-state index contributed by atoms with van der Waals surface area (Å²) >= 11 is 3.46. The van der Waals surface area contributed by atoms with Crippen LogP contribution in [0.2, 0.25) is 0 Å². The normalized spacial score (nSPS) is 12.1. The van der Waals surface area contributed by atoms with Crippen molar-refractivity contribution in [1.82, 2.24) is 0 Å². The fourth-order valence-corrected chi connectivity index (χ4v) is 2.61. The van der Waals surface area contributed by atoms with E-state index in [0.29, 0.717) is 11.4 Å². The number of hydrogen-bond donors (Lipinski definition) is 2. The number of fused-ring (bicyclic) bond motifs is 2. The Morgan fingerprint density at radius 1 is 1.26 bits per heavy atom. The highest BCUT2D eigenvalue weighted by Crippen LogP contribution is 2.41. The molecule has 96 valence electrons. The first-order valence-corrected chi connectivity index (χ1v) is 6.51. The molecule has 2 aromatic rings. The van der Waals surface area contributed by atoms with E-state index in [1.165, 1.54) is 0 Å². The van der Waals surface area contributed by atoms with E-state index in [1.54, 1.807) is 12.1 Å². The number of hydrogen-bond acceptors (Lipinski definition) is 2. The highest BCUT2D eigenvalue weighted by Gasteiger charge is 2.19. The van der Waals surface area contributed by atoms with Crippen molar-refractivity contribution in [1.29, 1.82) is 0 Å². The van der Waals surface area contributed by atoms with E-state index >= 15 is 0 Å². The van der Waals surface area contributed by atoms with Gasteiger partial charge < -0.3 is 9.84 Å². The van der Waals surface area contributed by atoms with Gasteiger partial charge in [-0.05, 0) is 33.6 Å². The van der Waals surface area contributed by atoms with Gasteiger partial charge in [-0.15, -0.1) is 0 Å². The van der Waals surface area contributed by atoms with Crippen molar-refractivity contribution in [3.8, 4) is 11.5 Å². The number of carboxylic acid groups (broad SMARTS) is 1. The lowest BCUT2D eigenvalue weighted by molar-refractivity contribution is 0.210. The fraction of sp³-hybridized carbons (Fsp3) is 0.0714. The summed E-state index contributed by atoms with van der Waals surface area (Å²) in [6.45, 7) is 0. The maximum Gasteiger partial charge on any atom is 0.409 e. The molecule has 0 fully saturated rings. The van der Waals surface area contributed by atoms with Crippen molar-refractivity contribution in [3.63, 3.8) is 0 Å². The van der Waals surface area contributed by atoms with Crippen LogP contribution in [0.15, 0.2) is 40.9 Å². The van der Waals surface area contributed by atoms with Gasteiger partial charge in [-0.2, -0.15) is 0 Å². The van der Waals surface area contributed by atoms with Crippen molar-refractivity contribution >= 4 is 27.7 Å². The largest absolute Gasteiger partial charge is 0.465 e. The first kappa shape index (κ1) is 12.0. The highest BCUT2D eigenvalue weighted by atomic mass is 79.9. The summed E-state index contributed by atoms with van der Waals surface area (Å²) < 4.78 is 6.75. The van der Waals surface area contributed by atoms with Crippen molar-refractivity contribution in [2.24, 2.45) is 0 Å². The number of benzene rings is 2. The van der Waals surface area contributed by atoms with Crippen LogP contribution in [0.1, 0.15) is 11.1 Å². The van der Waals surface area contributed by atoms with Crippen molar-refractivity contribution in [3.05, 3.63) is 52.0 Å². The molecule has 1 aliphatic rings. The number of nitrogens with one attached hydrogen (secondary N) is 1. The minimum absolute atomic E-state index is 0.502. The number of ether oxygens (including phenoxy) is 1. The van der Waals surface area contributed by atoms with E-state index in [-0.39, 0.29) is 0 Å². The molecule has 0 bridgehead atoms. The molecule has 0 unspecified atom stereocenters. The van der Waals surface area contributed by atoms with Crippen LogP contribution in [0.5, 0.6) is 11.5 Å². The third-order valence-electron chi connectivity index (χ3n) is 2.96. The van der Waals surface area contributed by atoms with Gasteiger partial charge in [-0.1, -0.05) is 18.2 Å². The minimum atomic E-state index is -1.09. The Morgan fingerprint density at radius 3 is 2.89 bits per heavy atom. The molecule has 1 aliphatic heterocycles. The molecule has 1 amide bonds. The van der Waals surface area contributed by atoms with Crippen LogP contribution in [0.3, 0.4) is 0 Å². The van der Waals surface area contributed by atoms with Gasteiger partial charge in [0.25, 0.3) is 0 Å². The van der Waals surface area contributed by atoms with Gasteiger partial charge in [-0.25, -0.2) is 4.79 Å². The Bertz CT molecular complexity index is 670. The van der Waals surface area contributed by atoms with Crippen LogP contribution in [-0.2, 0) is 6.42 Å². The first-order chi connectivity index (χ1) is 9.13. The second-order valence-corrected chi connectivity index (χ2v) is 5.11. The smallest absolute Gasteiger partial charge is 0.409 e. The van der Waals surface area contributed by atoms with E-state index in [0.717, 1.165) is 27.8 Å². The molecule has 3 rings (SSSR count). The molecule has 19 heavy (non-hydrogen) atoms. The summed E-state index contributed by atoms with van der Waals surface area (Å²) in [6.07, 6.45) is -0.311. The third-order valence-corrected chi connectivity index (χ3v) is 3.58. The molecule has 0 aliphatic carbocycles. The molecule has 0 radical (unpaired) electrons. The summed E-state index contributed by atoms with van der Waals surface area (Å²) in [5, 5.41) is 11.0. The van der Waals surface area contributed by atoms with Crippen molar-refractivity contribution in [2.75, 3.05) is 5.32 Å². The Morgan fingerprint density at radius 2 is 2.11 bits per heavy atom. The molecule has 0 spiro atoms. The van der Waals surface area contributed by atoms with Crippen LogP contribution < -0.4 is 10.1 Å². The second-order valence-electron chi connectivity index (χ2n) is 4.26. The predicted octanol–water partition coefficient (Wildman–Crippen LogP) is 4.24. The lowest BCUT2D eigenvalue weighted by atomic mass is 10.00. The molecule has 0 aromatic heterocycles. The molecule has 2 N–H and O–H groups in total. The van der Waals surface area contributed by atoms with Gasteiger partial charge in [-0.3, -0.25) is 5.32 Å². The quantitative estimate of drug-likeness (QED) is 0.705. The van der Waals surface area contributed by atoms with Crippen LogP contribution >= 0.6 is 15.9 Å². The Kier molecular flexibility index (Phi) is 2.91. The molecule has 0 saturated heterocycles. The van der Waals surface area contributed by atoms with Crippen LogP contribution in [0.25, 0.3) is 0 Å². The summed E-state index contributed by atoms with van der Waals surface area (Å²) in [6, 6.07) is 11.2. The number of halogens is 1. The summed E-state index contributed by atoms with van der Waals surface area (Å²) in [4.78, 5) is 10.6. The molecule has 0 atom stereocenters. The van der Waals surface area contributed by atoms with Crippen LogP contribution in [0, 0.1) is 0 Å². The molecule has 1 heterocycles. The number of amides is 1. The summed E-state index contributed by atoms with van der Waals surface area (Å²) in [5.41, 5.74) is 2.66. The van der Waals surface area contributed by atoms with Crippen LogP contribution in [0.4, 0.5) is 10.5 Å². The Hall–Kier alpha value is -2.01. The topological polar surface area (TPSA) is 58.6 Å². The third kappa shape index (κ3) is 2.29. The average molecular weight is 320 g/mol. The van der Waals surface area contributed by atoms with Gasteiger partial charge in [0.1, 0.15) is 11.5 Å². The SMILES string of the molecule is O=C(O)Nc1ccc2c(c1)Oc1c(Br)cccc1C2. The van der Waals surface area contributed by atoms with Gasteiger partial charge in [0, 0.05) is 23.7 Å². The highest BCUT2D eigenvalue weighted by molar-refractivity contribution is 9.10. The number of anilines is 1. The number of para-hydroxylation sites is 1. The summed E-state index contributed by atoms with van der Waals surface area (Å²) in [5.74, 6) is 1.48. The molecule has 5 heteroatoms. The second kappa shape index (κ2) is 4.59. The zero-order chi connectivity index (χ0) is 13.4. The fourth-order valence-electron chi connectivity index (χ4n) is 2.12. The lowest BCUT2D eigenvalue weighted by Crippen LogP contribution is -2.09. The lowest BCUT2D eigenvalue weighted by Gasteiger charge is -2.21. The van der Waals surface area contributed by atoms with Gasteiger partial charge in [0.05, 0.1) is 4.47 Å². The molecular weight excluding hydrogens is 310 g/mol. The molecular formula is C14H10BrNO3. The average Bonchev–Trinajstić information content (AvgIpc) is 2.37. The van der Waals surface area contributed by atoms with E-state index in [1.807, 2.05) is 24.3 Å². The summed E-state index contributed by atoms with van der Waals surface area (Å²) in [7, 11) is 0. The van der Waals surface area contributed by atoms with Gasteiger partial charge in [0.2, 0.25) is 0 Å². The Labute approximate surface area is 118 Å². The number of carbonyl (C=O) groups is 1. The van der Waals surface area contributed by atoms with Gasteiger partial charge in [0.15, 0.2) is 0 Å². The molecule has 2 aromatic carbocycles. The van der Waals surface area contributed by atoms with E-state index in [4.69, 9.17) is 9.84 Å². The Balaban J connectivity index is 1.99. The van der Waals surface area contributed by atoms with E-state index in [2.05, 4.69) is 21.2 Å². The first-order valence-electron chi connectivity index (χ1n) is 5.71. The minimum Gasteiger partial charge on any atom is -0.465 e. The van der Waals surface area contributed by atoms with E-state index < -0.39 is 6.09 Å². The van der Waals surface area contributed by atoms with E-state index in [9.17, 15) is 4.79 Å². The predicted molar refractivity (Wildman–Crippen MR) is 75.1 cm³/mol. The molecule has 0 saturated carbocycles. The monoisotopic (exact) mass is 319 g/mol. The zero-order valence-electron chi connectivity index (χ0n) is 9.81. The van der Waals surface area contributed by atoms with Gasteiger partial charge >= 0.3 is 6.09 Å². The number of rotatable bonds is 1. The van der Waals surface area contributed by atoms with Crippen molar-refractivity contribution in [2.45, 2.75) is 6.42 Å². The maximum absolute atomic E-state index is 10.6. The standard InChI is InChI=1S/C14H10BrNO3/c15-11-3-1-2-9-6-8-4-5-10(16-14(17)18)7-12(8)19-13(9)11/h1-5,7,16H,6H2,(H,17,18). The zero-order valence-corrected chi connectivity index (χ0v) is 11.4.